The Labute approximate surface area is 75.6 Å². The van der Waals surface area contributed by atoms with Gasteiger partial charge in [-0.15, -0.1) is 3.89 Å². The zero-order chi connectivity index (χ0) is 10.1. The number of nitriles is 1. The van der Waals surface area contributed by atoms with Gasteiger partial charge >= 0.3 is 10.2 Å². The van der Waals surface area contributed by atoms with Gasteiger partial charge in [-0.25, -0.2) is 0 Å². The minimum Gasteiger partial charge on any atom is -0.192 e. The monoisotopic (exact) mass is 199 g/mol. The summed E-state index contributed by atoms with van der Waals surface area (Å²) in [5, 5.41) is 8.53. The van der Waals surface area contributed by atoms with Gasteiger partial charge in [0.2, 0.25) is 0 Å². The van der Waals surface area contributed by atoms with E-state index in [0.717, 1.165) is 6.07 Å². The molecule has 1 aromatic carbocycles. The van der Waals surface area contributed by atoms with Gasteiger partial charge in [0.15, 0.2) is 0 Å². The quantitative estimate of drug-likeness (QED) is 0.644. The number of hydrogen-bond acceptors (Lipinski definition) is 3. The first-order valence-corrected chi connectivity index (χ1v) is 4.79. The van der Waals surface area contributed by atoms with Crippen LogP contribution < -0.4 is 0 Å². The molecule has 0 saturated heterocycles. The van der Waals surface area contributed by atoms with Crippen molar-refractivity contribution in [1.29, 1.82) is 5.26 Å². The molecule has 0 heterocycles. The average molecular weight is 199 g/mol. The number of halogens is 1. The topological polar surface area (TPSA) is 57.9 Å². The van der Waals surface area contributed by atoms with E-state index in [4.69, 9.17) is 5.26 Å². The molecule has 0 N–H and O–H groups in total. The largest absolute Gasteiger partial charge is 0.333 e. The van der Waals surface area contributed by atoms with Crippen molar-refractivity contribution >= 4 is 10.2 Å². The van der Waals surface area contributed by atoms with Gasteiger partial charge in [0.1, 0.15) is 11.0 Å². The number of hydrogen-bond donors (Lipinski definition) is 0. The second-order valence-corrected chi connectivity index (χ2v) is 3.86. The van der Waals surface area contributed by atoms with Crippen LogP contribution >= 0.6 is 0 Å². The maximum atomic E-state index is 12.5. The third-order valence-corrected chi connectivity index (χ3v) is 2.40. The molecule has 3 nitrogen and oxygen atoms in total. The van der Waals surface area contributed by atoms with Crippen molar-refractivity contribution in [2.75, 3.05) is 0 Å². The predicted molar refractivity (Wildman–Crippen MR) is 44.2 cm³/mol. The standard InChI is InChI=1S/C8H6FNO2S/c1-6-2-3-8(13(9,11)12)7(4-6)5-10/h2-4H,1H3. The summed E-state index contributed by atoms with van der Waals surface area (Å²) >= 11 is 0. The van der Waals surface area contributed by atoms with Gasteiger partial charge in [-0.3, -0.25) is 0 Å². The Bertz CT molecular complexity index is 473. The lowest BCUT2D eigenvalue weighted by Gasteiger charge is -1.98. The highest BCUT2D eigenvalue weighted by atomic mass is 32.3. The molecular weight excluding hydrogens is 193 g/mol. The van der Waals surface area contributed by atoms with Crippen molar-refractivity contribution in [1.82, 2.24) is 0 Å². The first-order chi connectivity index (χ1) is 5.95. The molecule has 5 heteroatoms. The van der Waals surface area contributed by atoms with E-state index in [-0.39, 0.29) is 5.56 Å². The highest BCUT2D eigenvalue weighted by Crippen LogP contribution is 2.18. The maximum absolute atomic E-state index is 12.5. The van der Waals surface area contributed by atoms with Crippen LogP contribution in [-0.2, 0) is 10.2 Å². The molecule has 0 aliphatic heterocycles. The first-order valence-electron chi connectivity index (χ1n) is 3.40. The Kier molecular flexibility index (Phi) is 2.34. The van der Waals surface area contributed by atoms with Crippen molar-refractivity contribution in [3.05, 3.63) is 29.3 Å². The molecule has 0 radical (unpaired) electrons. The van der Waals surface area contributed by atoms with Crippen LogP contribution in [0.3, 0.4) is 0 Å². The summed E-state index contributed by atoms with van der Waals surface area (Å²) in [6, 6.07) is 5.47. The van der Waals surface area contributed by atoms with Crippen LogP contribution in [0, 0.1) is 18.3 Å². The normalized spacial score (nSPS) is 10.8. The van der Waals surface area contributed by atoms with Crippen LogP contribution in [0.25, 0.3) is 0 Å². The van der Waals surface area contributed by atoms with E-state index in [9.17, 15) is 12.3 Å². The highest BCUT2D eigenvalue weighted by molar-refractivity contribution is 7.86. The average Bonchev–Trinajstić information content (AvgIpc) is 2.01. The fraction of sp³-hybridized carbons (Fsp3) is 0.125. The number of rotatable bonds is 1. The zero-order valence-electron chi connectivity index (χ0n) is 6.78. The number of benzene rings is 1. The van der Waals surface area contributed by atoms with Crippen LogP contribution in [0.4, 0.5) is 3.89 Å². The SMILES string of the molecule is Cc1ccc(S(=O)(=O)F)c(C#N)c1. The van der Waals surface area contributed by atoms with Gasteiger partial charge in [0.05, 0.1) is 5.56 Å². The van der Waals surface area contributed by atoms with Gasteiger partial charge in [-0.1, -0.05) is 6.07 Å². The van der Waals surface area contributed by atoms with Crippen LogP contribution in [-0.4, -0.2) is 8.42 Å². The lowest BCUT2D eigenvalue weighted by molar-refractivity contribution is 0.552. The minimum absolute atomic E-state index is 0.164. The van der Waals surface area contributed by atoms with Crippen LogP contribution in [0.15, 0.2) is 23.1 Å². The van der Waals surface area contributed by atoms with Gasteiger partial charge in [0.25, 0.3) is 0 Å². The molecule has 0 aromatic heterocycles. The third-order valence-electron chi connectivity index (χ3n) is 1.52. The predicted octanol–water partition coefficient (Wildman–Crippen LogP) is 1.52. The van der Waals surface area contributed by atoms with E-state index >= 15 is 0 Å². The molecule has 0 bridgehead atoms. The van der Waals surface area contributed by atoms with E-state index in [1.807, 2.05) is 0 Å². The Hall–Kier alpha value is -1.41. The Balaban J connectivity index is 3.50. The molecule has 13 heavy (non-hydrogen) atoms. The fourth-order valence-corrected chi connectivity index (χ4v) is 1.54. The second kappa shape index (κ2) is 3.15. The smallest absolute Gasteiger partial charge is 0.192 e. The highest BCUT2D eigenvalue weighted by Gasteiger charge is 2.16. The van der Waals surface area contributed by atoms with Crippen molar-refractivity contribution in [3.63, 3.8) is 0 Å². The summed E-state index contributed by atoms with van der Waals surface area (Å²) in [5.74, 6) is 0. The molecule has 1 aromatic rings. The molecule has 0 fully saturated rings. The lowest BCUT2D eigenvalue weighted by atomic mass is 10.2. The summed E-state index contributed by atoms with van der Waals surface area (Å²) in [5.41, 5.74) is 0.548. The van der Waals surface area contributed by atoms with Crippen molar-refractivity contribution in [2.24, 2.45) is 0 Å². The molecule has 1 rings (SSSR count). The van der Waals surface area contributed by atoms with Crippen LogP contribution in [0.2, 0.25) is 0 Å². The third kappa shape index (κ3) is 2.04. The minimum atomic E-state index is -4.78. The zero-order valence-corrected chi connectivity index (χ0v) is 7.60. The second-order valence-electron chi connectivity index (χ2n) is 2.55. The van der Waals surface area contributed by atoms with E-state index in [1.54, 1.807) is 13.0 Å². The molecule has 0 aliphatic carbocycles. The van der Waals surface area contributed by atoms with Crippen molar-refractivity contribution in [3.8, 4) is 6.07 Å². The lowest BCUT2D eigenvalue weighted by Crippen LogP contribution is -1.96. The summed E-state index contributed by atoms with van der Waals surface area (Å²) in [7, 11) is -4.78. The Morgan fingerprint density at radius 3 is 2.54 bits per heavy atom. The van der Waals surface area contributed by atoms with Gasteiger partial charge in [0, 0.05) is 0 Å². The Morgan fingerprint density at radius 2 is 2.08 bits per heavy atom. The van der Waals surface area contributed by atoms with Gasteiger partial charge in [-0.2, -0.15) is 13.7 Å². The fourth-order valence-electron chi connectivity index (χ4n) is 0.944. The summed E-state index contributed by atoms with van der Waals surface area (Å²) in [6.07, 6.45) is 0. The maximum Gasteiger partial charge on any atom is 0.333 e. The van der Waals surface area contributed by atoms with E-state index < -0.39 is 15.1 Å². The number of nitrogens with zero attached hydrogens (tertiary/aromatic N) is 1. The van der Waals surface area contributed by atoms with Gasteiger partial charge in [-0.05, 0) is 24.6 Å². The molecule has 0 amide bonds. The number of aryl methyl sites for hydroxylation is 1. The van der Waals surface area contributed by atoms with Crippen LogP contribution in [0.1, 0.15) is 11.1 Å². The summed E-state index contributed by atoms with van der Waals surface area (Å²) < 4.78 is 33.5. The van der Waals surface area contributed by atoms with E-state index in [0.29, 0.717) is 5.56 Å². The molecule has 0 atom stereocenters. The van der Waals surface area contributed by atoms with E-state index in [1.165, 1.54) is 12.1 Å². The van der Waals surface area contributed by atoms with Crippen LogP contribution in [0.5, 0.6) is 0 Å². The Morgan fingerprint density at radius 1 is 1.46 bits per heavy atom. The molecule has 0 aliphatic rings. The molecule has 0 saturated carbocycles. The van der Waals surface area contributed by atoms with Crippen molar-refractivity contribution in [2.45, 2.75) is 11.8 Å². The molecule has 0 spiro atoms. The van der Waals surface area contributed by atoms with E-state index in [2.05, 4.69) is 0 Å². The summed E-state index contributed by atoms with van der Waals surface area (Å²) in [6.45, 7) is 1.69. The molecule has 68 valence electrons. The van der Waals surface area contributed by atoms with Crippen molar-refractivity contribution < 1.29 is 12.3 Å². The summed E-state index contributed by atoms with van der Waals surface area (Å²) in [4.78, 5) is -0.569. The molecule has 0 unspecified atom stereocenters. The first kappa shape index (κ1) is 9.68. The van der Waals surface area contributed by atoms with Gasteiger partial charge < -0.3 is 0 Å². The molecular formula is C8H6FNO2S.